The molecule has 0 saturated carbocycles. The van der Waals surface area contributed by atoms with Crippen LogP contribution in [0.3, 0.4) is 0 Å². The molecule has 0 bridgehead atoms. The third kappa shape index (κ3) is 15.2. The van der Waals surface area contributed by atoms with Gasteiger partial charge in [0.25, 0.3) is 0 Å². The summed E-state index contributed by atoms with van der Waals surface area (Å²) < 4.78 is 29.6. The van der Waals surface area contributed by atoms with Crippen LogP contribution < -0.4 is 9.84 Å². The second-order valence-corrected chi connectivity index (χ2v) is 11.8. The predicted molar refractivity (Wildman–Crippen MR) is 166 cm³/mol. The molecule has 0 spiro atoms. The van der Waals surface area contributed by atoms with Crippen molar-refractivity contribution in [1.29, 1.82) is 0 Å². The lowest BCUT2D eigenvalue weighted by molar-refractivity contribution is -0.402. The molecule has 1 aromatic heterocycles. The molecule has 2 unspecified atom stereocenters. The standard InChI is InChI=1S/C27H37ClN3O9P.C2H6/c1-6-17-36-25(32)23(29-26(33)39-27(2,3)4)18-20-9-11-21(12-10-20)40-41(30(5)16-8-7-15-28)37-19-22-13-14-24(38-22)31(34)35;1-2/h6,9-14,23H,1,7-8,15-19H2,2-5H3,(H,29,33);1-2H3. The number of alkyl carbamates (subject to hydrolysis) is 1. The van der Waals surface area contributed by atoms with E-state index in [1.54, 1.807) is 45.0 Å². The maximum Gasteiger partial charge on any atom is 0.433 e. The summed E-state index contributed by atoms with van der Waals surface area (Å²) >= 11 is 5.81. The second-order valence-electron chi connectivity index (χ2n) is 9.84. The summed E-state index contributed by atoms with van der Waals surface area (Å²) in [6, 6.07) is 8.73. The van der Waals surface area contributed by atoms with Crippen LogP contribution in [0.5, 0.6) is 5.75 Å². The van der Waals surface area contributed by atoms with Crippen molar-refractivity contribution < 1.29 is 37.5 Å². The third-order valence-corrected chi connectivity index (χ3v) is 6.90. The second kappa shape index (κ2) is 19.9. The summed E-state index contributed by atoms with van der Waals surface area (Å²) in [4.78, 5) is 35.2. The number of amides is 1. The van der Waals surface area contributed by atoms with Crippen LogP contribution in [0.15, 0.2) is 53.5 Å². The average Bonchev–Trinajstić information content (AvgIpc) is 3.44. The van der Waals surface area contributed by atoms with Gasteiger partial charge >= 0.3 is 26.5 Å². The molecule has 240 valence electrons. The number of furan rings is 1. The van der Waals surface area contributed by atoms with E-state index in [9.17, 15) is 19.7 Å². The van der Waals surface area contributed by atoms with Crippen LogP contribution in [0.1, 0.15) is 58.8 Å². The Bertz CT molecular complexity index is 1140. The van der Waals surface area contributed by atoms with Crippen molar-refractivity contribution >= 4 is 38.1 Å². The molecule has 2 aromatic rings. The van der Waals surface area contributed by atoms with Gasteiger partial charge in [-0.2, -0.15) is 0 Å². The highest BCUT2D eigenvalue weighted by Gasteiger charge is 2.26. The van der Waals surface area contributed by atoms with Gasteiger partial charge in [-0.3, -0.25) is 10.1 Å². The minimum atomic E-state index is -1.61. The van der Waals surface area contributed by atoms with Gasteiger partial charge in [-0.25, -0.2) is 14.3 Å². The van der Waals surface area contributed by atoms with Crippen LogP contribution in [-0.4, -0.2) is 59.4 Å². The Morgan fingerprint density at radius 1 is 1.19 bits per heavy atom. The number of halogens is 1. The molecule has 0 aliphatic heterocycles. The summed E-state index contributed by atoms with van der Waals surface area (Å²) in [5, 5.41) is 13.5. The Labute approximate surface area is 259 Å². The average molecular weight is 644 g/mol. The number of unbranched alkanes of at least 4 members (excludes halogenated alkanes) is 1. The van der Waals surface area contributed by atoms with Gasteiger partial charge < -0.3 is 28.3 Å². The molecule has 14 heteroatoms. The molecule has 2 atom stereocenters. The molecule has 43 heavy (non-hydrogen) atoms. The minimum absolute atomic E-state index is 0.00538. The first-order valence-corrected chi connectivity index (χ1v) is 15.6. The molecular weight excluding hydrogens is 601 g/mol. The molecule has 1 amide bonds. The van der Waals surface area contributed by atoms with E-state index >= 15 is 0 Å². The number of nitrogens with zero attached hydrogens (tertiary/aromatic N) is 2. The lowest BCUT2D eigenvalue weighted by Crippen LogP contribution is -2.45. The van der Waals surface area contributed by atoms with Crippen molar-refractivity contribution in [2.75, 3.05) is 26.1 Å². The molecule has 1 aromatic carbocycles. The molecule has 0 aliphatic rings. The highest BCUT2D eigenvalue weighted by molar-refractivity contribution is 7.44. The largest absolute Gasteiger partial charge is 0.460 e. The highest BCUT2D eigenvalue weighted by atomic mass is 35.5. The van der Waals surface area contributed by atoms with Gasteiger partial charge in [-0.1, -0.05) is 38.6 Å². The first kappa shape index (κ1) is 37.8. The van der Waals surface area contributed by atoms with Crippen molar-refractivity contribution in [3.63, 3.8) is 0 Å². The first-order valence-electron chi connectivity index (χ1n) is 13.9. The lowest BCUT2D eigenvalue weighted by atomic mass is 10.1. The minimum Gasteiger partial charge on any atom is -0.460 e. The van der Waals surface area contributed by atoms with Crippen LogP contribution in [0.4, 0.5) is 10.7 Å². The Kier molecular flexibility index (Phi) is 17.5. The van der Waals surface area contributed by atoms with Crippen LogP contribution in [-0.2, 0) is 31.8 Å². The molecule has 0 aliphatic carbocycles. The van der Waals surface area contributed by atoms with Gasteiger partial charge in [-0.15, -0.1) is 11.6 Å². The van der Waals surface area contributed by atoms with Crippen LogP contribution in [0, 0.1) is 10.1 Å². The van der Waals surface area contributed by atoms with Gasteiger partial charge in [-0.05, 0) is 64.4 Å². The Morgan fingerprint density at radius 3 is 2.42 bits per heavy atom. The fraction of sp³-hybridized carbons (Fsp3) is 0.517. The molecular formula is C29H43ClN3O9P. The van der Waals surface area contributed by atoms with Crippen LogP contribution in [0.25, 0.3) is 0 Å². The molecule has 0 saturated heterocycles. The summed E-state index contributed by atoms with van der Waals surface area (Å²) in [6.45, 7) is 13.3. The Balaban J connectivity index is 0.00000452. The van der Waals surface area contributed by atoms with Gasteiger partial charge in [0.05, 0.1) is 6.07 Å². The van der Waals surface area contributed by atoms with Gasteiger partial charge in [0, 0.05) is 18.8 Å². The van der Waals surface area contributed by atoms with E-state index in [0.29, 0.717) is 23.9 Å². The van der Waals surface area contributed by atoms with Crippen molar-refractivity contribution in [1.82, 2.24) is 9.99 Å². The van der Waals surface area contributed by atoms with Crippen molar-refractivity contribution in [2.45, 2.75) is 72.1 Å². The maximum absolute atomic E-state index is 12.6. The zero-order valence-corrected chi connectivity index (χ0v) is 27.3. The zero-order valence-electron chi connectivity index (χ0n) is 25.7. The number of ether oxygens (including phenoxy) is 2. The molecule has 0 fully saturated rings. The van der Waals surface area contributed by atoms with E-state index in [2.05, 4.69) is 11.9 Å². The molecule has 1 N–H and O–H groups in total. The third-order valence-electron chi connectivity index (χ3n) is 5.15. The molecule has 2 rings (SSSR count). The summed E-state index contributed by atoms with van der Waals surface area (Å²) in [5.74, 6) is 0.345. The zero-order chi connectivity index (χ0) is 32.4. The lowest BCUT2D eigenvalue weighted by Gasteiger charge is -2.26. The van der Waals surface area contributed by atoms with E-state index in [1.807, 2.05) is 25.6 Å². The van der Waals surface area contributed by atoms with Crippen molar-refractivity contribution in [2.24, 2.45) is 0 Å². The van der Waals surface area contributed by atoms with Gasteiger partial charge in [0.1, 0.15) is 41.3 Å². The number of carbonyl (C=O) groups is 2. The fourth-order valence-corrected chi connectivity index (χ4v) is 4.69. The molecule has 12 nitrogen and oxygen atoms in total. The predicted octanol–water partition coefficient (Wildman–Crippen LogP) is 7.15. The normalized spacial score (nSPS) is 12.4. The van der Waals surface area contributed by atoms with Crippen LogP contribution >= 0.6 is 20.1 Å². The summed E-state index contributed by atoms with van der Waals surface area (Å²) in [5.41, 5.74) is -0.000408. The number of nitro groups is 1. The number of hydrogen-bond donors (Lipinski definition) is 1. The SMILES string of the molecule is C=CCOC(=O)C(Cc1ccc(OP(OCc2ccc([N+](=O)[O-])o2)N(C)CCCCCl)cc1)NC(=O)OC(C)(C)C.CC. The Hall–Kier alpha value is -3.18. The smallest absolute Gasteiger partial charge is 0.433 e. The number of nitrogens with one attached hydrogen (secondary N) is 1. The number of hydrogen-bond acceptors (Lipinski definition) is 10. The van der Waals surface area contributed by atoms with E-state index in [-0.39, 0.29) is 25.5 Å². The number of esters is 1. The van der Waals surface area contributed by atoms with Gasteiger partial charge in [0.15, 0.2) is 0 Å². The monoisotopic (exact) mass is 643 g/mol. The first-order chi connectivity index (χ1) is 20.4. The summed E-state index contributed by atoms with van der Waals surface area (Å²) in [7, 11) is 0.238. The number of carbonyl (C=O) groups excluding carboxylic acids is 2. The van der Waals surface area contributed by atoms with E-state index in [0.717, 1.165) is 18.4 Å². The van der Waals surface area contributed by atoms with Crippen molar-refractivity contribution in [3.8, 4) is 5.75 Å². The van der Waals surface area contributed by atoms with Gasteiger partial charge in [0.2, 0.25) is 0 Å². The maximum atomic E-state index is 12.6. The Morgan fingerprint density at radius 2 is 1.86 bits per heavy atom. The van der Waals surface area contributed by atoms with Crippen LogP contribution in [0.2, 0.25) is 0 Å². The number of alkyl halides is 1. The summed E-state index contributed by atoms with van der Waals surface area (Å²) in [6.07, 6.45) is 2.50. The number of rotatable bonds is 17. The van der Waals surface area contributed by atoms with E-state index < -0.39 is 37.2 Å². The molecule has 0 radical (unpaired) electrons. The number of benzene rings is 1. The fourth-order valence-electron chi connectivity index (χ4n) is 3.27. The quantitative estimate of drug-likeness (QED) is 0.0359. The van der Waals surface area contributed by atoms with E-state index in [4.69, 9.17) is 34.5 Å². The highest BCUT2D eigenvalue weighted by Crippen LogP contribution is 2.43. The molecule has 1 heterocycles. The van der Waals surface area contributed by atoms with Crippen molar-refractivity contribution in [3.05, 3.63) is 70.5 Å². The topological polar surface area (TPSA) is 143 Å². The van der Waals surface area contributed by atoms with E-state index in [1.165, 1.54) is 18.2 Å².